The van der Waals surface area contributed by atoms with E-state index in [0.29, 0.717) is 10.8 Å². The lowest BCUT2D eigenvalue weighted by molar-refractivity contribution is 0.807. The number of H-pyrrole nitrogens is 1. The fourth-order valence-corrected chi connectivity index (χ4v) is 1.30. The third-order valence-electron chi connectivity index (χ3n) is 1.79. The number of hydrogen-bond acceptors (Lipinski definition) is 2. The number of nitrogens with one attached hydrogen (secondary N) is 1. The van der Waals surface area contributed by atoms with Gasteiger partial charge in [0.05, 0.1) is 5.02 Å². The molecule has 14 heavy (non-hydrogen) atoms. The van der Waals surface area contributed by atoms with Crippen LogP contribution in [0.5, 0.6) is 0 Å². The van der Waals surface area contributed by atoms with Crippen molar-refractivity contribution >= 4 is 11.6 Å². The fourth-order valence-electron chi connectivity index (χ4n) is 1.18. The Bertz CT molecular complexity index is 498. The Labute approximate surface area is 85.1 Å². The minimum absolute atomic E-state index is 0.127. The SMILES string of the molecule is Cc1cc(=O)n(-c2ccc(Cl)cn2)[nH]1. The van der Waals surface area contributed by atoms with Gasteiger partial charge in [0.15, 0.2) is 5.82 Å². The summed E-state index contributed by atoms with van der Waals surface area (Å²) in [5.74, 6) is 0.535. The maximum Gasteiger partial charge on any atom is 0.272 e. The van der Waals surface area contributed by atoms with E-state index in [4.69, 9.17) is 11.6 Å². The van der Waals surface area contributed by atoms with Gasteiger partial charge in [-0.2, -0.15) is 0 Å². The lowest BCUT2D eigenvalue weighted by Gasteiger charge is -1.99. The quantitative estimate of drug-likeness (QED) is 0.774. The second-order valence-electron chi connectivity index (χ2n) is 2.95. The molecule has 72 valence electrons. The van der Waals surface area contributed by atoms with Gasteiger partial charge in [0.2, 0.25) is 0 Å². The molecule has 0 spiro atoms. The number of pyridine rings is 1. The van der Waals surface area contributed by atoms with E-state index in [-0.39, 0.29) is 5.56 Å². The van der Waals surface area contributed by atoms with Crippen molar-refractivity contribution in [2.75, 3.05) is 0 Å². The third kappa shape index (κ3) is 1.56. The molecule has 5 heteroatoms. The van der Waals surface area contributed by atoms with Crippen molar-refractivity contribution in [2.24, 2.45) is 0 Å². The zero-order valence-corrected chi connectivity index (χ0v) is 8.25. The van der Waals surface area contributed by atoms with Gasteiger partial charge >= 0.3 is 0 Å². The third-order valence-corrected chi connectivity index (χ3v) is 2.01. The van der Waals surface area contributed by atoms with E-state index in [0.717, 1.165) is 5.69 Å². The van der Waals surface area contributed by atoms with E-state index in [9.17, 15) is 4.79 Å². The number of aromatic nitrogens is 3. The summed E-state index contributed by atoms with van der Waals surface area (Å²) in [7, 11) is 0. The summed E-state index contributed by atoms with van der Waals surface area (Å²) in [6.45, 7) is 1.81. The van der Waals surface area contributed by atoms with E-state index in [2.05, 4.69) is 10.1 Å². The monoisotopic (exact) mass is 209 g/mol. The van der Waals surface area contributed by atoms with Crippen molar-refractivity contribution in [3.05, 3.63) is 45.5 Å². The zero-order valence-electron chi connectivity index (χ0n) is 7.49. The predicted molar refractivity (Wildman–Crippen MR) is 53.9 cm³/mol. The molecule has 4 nitrogen and oxygen atoms in total. The lowest BCUT2D eigenvalue weighted by atomic mass is 10.4. The zero-order chi connectivity index (χ0) is 10.1. The number of rotatable bonds is 1. The molecule has 0 saturated carbocycles. The molecule has 0 aromatic carbocycles. The van der Waals surface area contributed by atoms with Gasteiger partial charge in [0.1, 0.15) is 0 Å². The summed E-state index contributed by atoms with van der Waals surface area (Å²) in [4.78, 5) is 15.4. The average molecular weight is 210 g/mol. The smallest absolute Gasteiger partial charge is 0.272 e. The van der Waals surface area contributed by atoms with Gasteiger partial charge in [0, 0.05) is 18.0 Å². The lowest BCUT2D eigenvalue weighted by Crippen LogP contribution is -2.14. The van der Waals surface area contributed by atoms with Gasteiger partial charge in [-0.1, -0.05) is 11.6 Å². The van der Waals surface area contributed by atoms with Crippen LogP contribution in [0.4, 0.5) is 0 Å². The Morgan fingerprint density at radius 2 is 2.29 bits per heavy atom. The van der Waals surface area contributed by atoms with Crippen LogP contribution in [0.1, 0.15) is 5.69 Å². The van der Waals surface area contributed by atoms with Crippen LogP contribution in [0.25, 0.3) is 5.82 Å². The van der Waals surface area contributed by atoms with E-state index >= 15 is 0 Å². The largest absolute Gasteiger partial charge is 0.294 e. The molecular formula is C9H8ClN3O. The van der Waals surface area contributed by atoms with Crippen molar-refractivity contribution in [1.29, 1.82) is 0 Å². The molecule has 2 heterocycles. The summed E-state index contributed by atoms with van der Waals surface area (Å²) < 4.78 is 1.37. The van der Waals surface area contributed by atoms with Crippen LogP contribution in [0.15, 0.2) is 29.2 Å². The van der Waals surface area contributed by atoms with Crippen LogP contribution in [0, 0.1) is 6.92 Å². The standard InChI is InChI=1S/C9H8ClN3O/c1-6-4-9(14)13(12-6)8-3-2-7(10)5-11-8/h2-5,12H,1H3. The first kappa shape index (κ1) is 9.02. The second-order valence-corrected chi connectivity index (χ2v) is 3.38. The predicted octanol–water partition coefficient (Wildman–Crippen LogP) is 1.52. The van der Waals surface area contributed by atoms with Crippen LogP contribution in [-0.2, 0) is 0 Å². The van der Waals surface area contributed by atoms with E-state index < -0.39 is 0 Å². The van der Waals surface area contributed by atoms with Crippen LogP contribution < -0.4 is 5.56 Å². The molecular weight excluding hydrogens is 202 g/mol. The Kier molecular flexibility index (Phi) is 2.13. The first-order valence-corrected chi connectivity index (χ1v) is 4.45. The maximum atomic E-state index is 11.4. The molecule has 1 N–H and O–H groups in total. The molecule has 2 aromatic heterocycles. The Morgan fingerprint density at radius 1 is 1.50 bits per heavy atom. The molecule has 2 aromatic rings. The van der Waals surface area contributed by atoms with Gasteiger partial charge < -0.3 is 0 Å². The molecule has 0 fully saturated rings. The van der Waals surface area contributed by atoms with E-state index in [1.165, 1.54) is 16.9 Å². The van der Waals surface area contributed by atoms with Crippen molar-refractivity contribution in [3.8, 4) is 5.82 Å². The highest BCUT2D eigenvalue weighted by Gasteiger charge is 2.02. The summed E-state index contributed by atoms with van der Waals surface area (Å²) in [6, 6.07) is 4.88. The van der Waals surface area contributed by atoms with Crippen LogP contribution >= 0.6 is 11.6 Å². The van der Waals surface area contributed by atoms with Gasteiger partial charge in [-0.25, -0.2) is 9.67 Å². The van der Waals surface area contributed by atoms with Crippen LogP contribution in [0.3, 0.4) is 0 Å². The van der Waals surface area contributed by atoms with E-state index in [1.807, 2.05) is 6.92 Å². The Morgan fingerprint density at radius 3 is 2.79 bits per heavy atom. The molecule has 0 atom stereocenters. The highest BCUT2D eigenvalue weighted by molar-refractivity contribution is 6.30. The molecule has 0 amide bonds. The molecule has 0 unspecified atom stereocenters. The second kappa shape index (κ2) is 3.31. The molecule has 0 aliphatic rings. The molecule has 0 bridgehead atoms. The number of aryl methyl sites for hydroxylation is 1. The normalized spacial score (nSPS) is 10.4. The molecule has 0 aliphatic heterocycles. The van der Waals surface area contributed by atoms with Crippen molar-refractivity contribution < 1.29 is 0 Å². The van der Waals surface area contributed by atoms with Crippen LogP contribution in [0.2, 0.25) is 5.02 Å². The average Bonchev–Trinajstić information content (AvgIpc) is 2.47. The number of halogens is 1. The molecule has 0 radical (unpaired) electrons. The van der Waals surface area contributed by atoms with E-state index in [1.54, 1.807) is 12.1 Å². The summed E-state index contributed by atoms with van der Waals surface area (Å²) in [5, 5.41) is 3.43. The molecule has 2 rings (SSSR count). The number of hydrogen-bond donors (Lipinski definition) is 1. The fraction of sp³-hybridized carbons (Fsp3) is 0.111. The minimum atomic E-state index is -0.127. The topological polar surface area (TPSA) is 50.7 Å². The Balaban J connectivity index is 2.54. The molecule has 0 aliphatic carbocycles. The van der Waals surface area contributed by atoms with Gasteiger partial charge in [0.25, 0.3) is 5.56 Å². The van der Waals surface area contributed by atoms with Gasteiger partial charge in [-0.15, -0.1) is 0 Å². The highest BCUT2D eigenvalue weighted by atomic mass is 35.5. The number of aromatic amines is 1. The van der Waals surface area contributed by atoms with Gasteiger partial charge in [-0.05, 0) is 19.1 Å². The van der Waals surface area contributed by atoms with Crippen molar-refractivity contribution in [3.63, 3.8) is 0 Å². The summed E-state index contributed by atoms with van der Waals surface area (Å²) >= 11 is 5.68. The highest BCUT2D eigenvalue weighted by Crippen LogP contribution is 2.07. The van der Waals surface area contributed by atoms with Crippen molar-refractivity contribution in [1.82, 2.24) is 14.8 Å². The first-order chi connectivity index (χ1) is 6.66. The van der Waals surface area contributed by atoms with Gasteiger partial charge in [-0.3, -0.25) is 9.89 Å². The summed E-state index contributed by atoms with van der Waals surface area (Å²) in [5.41, 5.74) is 0.670. The van der Waals surface area contributed by atoms with Crippen molar-refractivity contribution in [2.45, 2.75) is 6.92 Å². The number of nitrogens with zero attached hydrogens (tertiary/aromatic N) is 2. The van der Waals surface area contributed by atoms with Crippen LogP contribution in [-0.4, -0.2) is 14.8 Å². The first-order valence-electron chi connectivity index (χ1n) is 4.07. The maximum absolute atomic E-state index is 11.4. The minimum Gasteiger partial charge on any atom is -0.294 e. The summed E-state index contributed by atoms with van der Waals surface area (Å²) in [6.07, 6.45) is 1.50. The molecule has 0 saturated heterocycles. The Hall–Kier alpha value is -1.55.